The first-order chi connectivity index (χ1) is 59.2. The van der Waals surface area contributed by atoms with Gasteiger partial charge in [0.25, 0.3) is 5.69 Å². The zero-order valence-electron chi connectivity index (χ0n) is 78.7. The Morgan fingerprint density at radius 2 is 0.614 bits per heavy atom. The molecule has 0 atom stereocenters. The molecule has 5 aromatic carbocycles. The van der Waals surface area contributed by atoms with Crippen LogP contribution in [0.1, 0.15) is 134 Å². The molecule has 4 fully saturated rings. The second-order valence-electron chi connectivity index (χ2n) is 35.5. The van der Waals surface area contributed by atoms with Crippen LogP contribution < -0.4 is 86.7 Å². The standard InChI is InChI=1S/C22H34N4O4.C19H30N4O5.C19H32N4O3.C17H26N4O2.C12H15FN2O5/c1-8-20(27)23-16-13-17(24-21(28)30-22(2,3)4)19(29-7)14-18(16)26-11-9-15(10-12-26)25(5)6;1-19(2,3)28-18(24)20-14-11-16(23(25)26)15(12-17(14)27-6)22-9-7-13(8-10-22)21(4)5;1-19(2,3)26-18(24)21-15-11-14(20)16(12-17(15)25-6)23-9-7-13(8-10-23)22(4)5;1-5-17(22)19-14-10-13(18)16(23-4)11-15(14)21-8-6-12(7-9-21)20(2)3;1-12(2,3)20-11(16)14-8-6-9(15(17)18)7(13)5-10(8)19-4/h8,13-15H,1,9-12H2,2-7H3,(H,23,27)(H,24,28);11-13H,7-10H2,1-6H3,(H,20,24);11-13H,7-10,20H2,1-6H3,(H,21,24);5,10-12H,1,6-9,18H2,2-4H3,(H,19,22);5-6H,1-4H3,(H,14,16). The molecule has 0 spiro atoms. The number of nitrogen functional groups attached to an aromatic ring is 2. The molecule has 4 saturated heterocycles. The Morgan fingerprint density at radius 3 is 0.906 bits per heavy atom. The van der Waals surface area contributed by atoms with Gasteiger partial charge in [0, 0.05) is 119 Å². The van der Waals surface area contributed by atoms with Crippen molar-refractivity contribution in [2.75, 3.05) is 207 Å². The topological polar surface area (TPSA) is 422 Å². The van der Waals surface area contributed by atoms with Crippen LogP contribution >= 0.6 is 0 Å². The summed E-state index contributed by atoms with van der Waals surface area (Å²) in [7, 11) is 24.2. The summed E-state index contributed by atoms with van der Waals surface area (Å²) in [4.78, 5) is 110. The third-order valence-electron chi connectivity index (χ3n) is 20.5. The van der Waals surface area contributed by atoms with Gasteiger partial charge in [-0.3, -0.25) is 51.1 Å². The van der Waals surface area contributed by atoms with Crippen LogP contribution in [0.15, 0.2) is 86.0 Å². The number of anilines is 12. The fraction of sp³-hybridized carbons (Fsp3) is 0.551. The molecule has 0 bridgehead atoms. The average Bonchev–Trinajstić information content (AvgIpc) is 0.810. The van der Waals surface area contributed by atoms with Crippen LogP contribution in [0.3, 0.4) is 0 Å². The lowest BCUT2D eigenvalue weighted by Gasteiger charge is -2.37. The number of nitro groups is 2. The second-order valence-corrected chi connectivity index (χ2v) is 35.5. The van der Waals surface area contributed by atoms with Gasteiger partial charge in [-0.05, 0) is 221 Å². The summed E-state index contributed by atoms with van der Waals surface area (Å²) in [6.45, 7) is 34.9. The van der Waals surface area contributed by atoms with Crippen LogP contribution in [0, 0.1) is 26.0 Å². The van der Waals surface area contributed by atoms with Crippen LogP contribution in [0.4, 0.5) is 103 Å². The van der Waals surface area contributed by atoms with E-state index in [1.54, 1.807) is 108 Å². The first kappa shape index (κ1) is 106. The lowest BCUT2D eigenvalue weighted by atomic mass is 10.0. The van der Waals surface area contributed by atoms with Crippen molar-refractivity contribution < 1.29 is 85.6 Å². The Morgan fingerprint density at radius 1 is 0.370 bits per heavy atom. The monoisotopic (exact) mass is 1780 g/mol. The largest absolute Gasteiger partial charge is 0.495 e. The van der Waals surface area contributed by atoms with Crippen LogP contribution in [0.5, 0.6) is 28.7 Å². The number of halogens is 1. The highest BCUT2D eigenvalue weighted by Crippen LogP contribution is 2.44. The number of nitrogens with one attached hydrogen (secondary N) is 6. The molecule has 4 aliphatic rings. The first-order valence-electron chi connectivity index (χ1n) is 41.8. The van der Waals surface area contributed by atoms with Crippen molar-refractivity contribution in [2.45, 2.75) is 181 Å². The van der Waals surface area contributed by atoms with Gasteiger partial charge in [-0.2, -0.15) is 4.39 Å². The summed E-state index contributed by atoms with van der Waals surface area (Å²) in [5, 5.41) is 38.3. The third kappa shape index (κ3) is 33.7. The summed E-state index contributed by atoms with van der Waals surface area (Å²) in [5.74, 6) is 0.344. The van der Waals surface area contributed by atoms with Gasteiger partial charge in [-0.15, -0.1) is 0 Å². The van der Waals surface area contributed by atoms with E-state index in [9.17, 15) is 53.4 Å². The number of carbonyl (C=O) groups is 6. The number of hydrogen-bond donors (Lipinski definition) is 8. The highest BCUT2D eigenvalue weighted by Gasteiger charge is 2.33. The predicted octanol–water partition coefficient (Wildman–Crippen LogP) is 15.4. The van der Waals surface area contributed by atoms with E-state index in [2.05, 4.69) is 122 Å². The van der Waals surface area contributed by atoms with Crippen molar-refractivity contribution in [2.24, 2.45) is 0 Å². The molecule has 127 heavy (non-hydrogen) atoms. The van der Waals surface area contributed by atoms with Gasteiger partial charge >= 0.3 is 30.1 Å². The number of hydrogen-bond acceptors (Lipinski definition) is 29. The zero-order chi connectivity index (χ0) is 95.5. The number of piperidine rings is 4. The van der Waals surface area contributed by atoms with Crippen molar-refractivity contribution in [1.29, 1.82) is 0 Å². The molecule has 4 aliphatic heterocycles. The molecule has 0 aliphatic carbocycles. The molecular weight excluding hydrogens is 1640 g/mol. The van der Waals surface area contributed by atoms with Crippen molar-refractivity contribution >= 4 is 116 Å². The van der Waals surface area contributed by atoms with E-state index in [-0.39, 0.29) is 34.6 Å². The summed E-state index contributed by atoms with van der Waals surface area (Å²) in [6, 6.07) is 17.6. The molecular formula is C89H137FN18O19. The number of nitro benzene ring substituents is 2. The maximum Gasteiger partial charge on any atom is 0.412 e. The van der Waals surface area contributed by atoms with Gasteiger partial charge in [-0.25, -0.2) is 19.2 Å². The normalized spacial score (nSPS) is 14.7. The van der Waals surface area contributed by atoms with E-state index < -0.39 is 68.1 Å². The molecule has 4 heterocycles. The third-order valence-corrected chi connectivity index (χ3v) is 20.5. The van der Waals surface area contributed by atoms with E-state index in [4.69, 9.17) is 54.1 Å². The van der Waals surface area contributed by atoms with Gasteiger partial charge in [0.15, 0.2) is 0 Å². The number of methoxy groups -OCH3 is 5. The number of amides is 6. The number of carbonyl (C=O) groups excluding carboxylic acids is 6. The minimum Gasteiger partial charge on any atom is -0.495 e. The SMILES string of the molecule is C=CC(=O)Nc1cc(N)c(OC)cc1N1CCC(N(C)C)CC1.C=CC(=O)Nc1cc(NC(=O)OC(C)(C)C)c(OC)cc1N1CCC(N(C)C)CC1.COc1cc(F)c([N+](=O)[O-])cc1NC(=O)OC(C)(C)C.COc1cc(N2CCC(N(C)C)CC2)c(N)cc1NC(=O)OC(C)(C)C.COc1cc(N2CCC(N(C)C)CC2)c([N+](=O)[O-])cc1NC(=O)OC(C)(C)C. The van der Waals surface area contributed by atoms with Gasteiger partial charge in [-0.1, -0.05) is 13.2 Å². The van der Waals surface area contributed by atoms with E-state index in [1.807, 2.05) is 58.0 Å². The average molecular weight is 1780 g/mol. The Labute approximate surface area is 746 Å². The fourth-order valence-corrected chi connectivity index (χ4v) is 14.1. The van der Waals surface area contributed by atoms with Gasteiger partial charge < -0.3 is 104 Å². The number of rotatable bonds is 23. The Balaban J connectivity index is 0.000000283. The highest BCUT2D eigenvalue weighted by atomic mass is 19.1. The Bertz CT molecular complexity index is 4570. The van der Waals surface area contributed by atoms with Crippen LogP contribution in [0.25, 0.3) is 0 Å². The predicted molar refractivity (Wildman–Crippen MR) is 500 cm³/mol. The van der Waals surface area contributed by atoms with Crippen LogP contribution in [-0.4, -0.2) is 256 Å². The molecule has 0 unspecified atom stereocenters. The van der Waals surface area contributed by atoms with Crippen molar-refractivity contribution in [1.82, 2.24) is 19.6 Å². The van der Waals surface area contributed by atoms with Gasteiger partial charge in [0.1, 0.15) is 56.8 Å². The van der Waals surface area contributed by atoms with Gasteiger partial charge in [0.2, 0.25) is 17.6 Å². The van der Waals surface area contributed by atoms with Crippen LogP contribution in [-0.2, 0) is 28.5 Å². The second kappa shape index (κ2) is 47.5. The maximum absolute atomic E-state index is 13.4. The molecule has 38 heteroatoms. The van der Waals surface area contributed by atoms with E-state index >= 15 is 0 Å². The Hall–Kier alpha value is -12.0. The zero-order valence-corrected chi connectivity index (χ0v) is 78.7. The summed E-state index contributed by atoms with van der Waals surface area (Å²) in [6.07, 6.45) is 8.03. The summed E-state index contributed by atoms with van der Waals surface area (Å²) >= 11 is 0. The smallest absolute Gasteiger partial charge is 0.412 e. The number of ether oxygens (including phenoxy) is 9. The molecule has 37 nitrogen and oxygen atoms in total. The van der Waals surface area contributed by atoms with Crippen molar-refractivity contribution in [3.63, 3.8) is 0 Å². The quantitative estimate of drug-likeness (QED) is 0.00990. The minimum atomic E-state index is -1.05. The number of nitrogens with zero attached hydrogens (tertiary/aromatic N) is 10. The van der Waals surface area contributed by atoms with Gasteiger partial charge in [0.05, 0.1) is 108 Å². The molecule has 704 valence electrons. The maximum atomic E-state index is 13.4. The van der Waals surface area contributed by atoms with Crippen molar-refractivity contribution in [3.8, 4) is 28.7 Å². The highest BCUT2D eigenvalue weighted by molar-refractivity contribution is 6.04. The molecule has 0 saturated carbocycles. The van der Waals surface area contributed by atoms with E-state index in [0.29, 0.717) is 100 Å². The molecule has 6 amide bonds. The summed E-state index contributed by atoms with van der Waals surface area (Å²) < 4.78 is 60.8. The molecule has 0 radical (unpaired) electrons. The summed E-state index contributed by atoms with van der Waals surface area (Å²) in [5.41, 5.74) is 15.5. The molecule has 10 N–H and O–H groups in total. The number of nitrogens with two attached hydrogens (primary N) is 2. The molecule has 0 aromatic heterocycles. The van der Waals surface area contributed by atoms with Crippen LogP contribution in [0.2, 0.25) is 0 Å². The molecule has 9 rings (SSSR count). The van der Waals surface area contributed by atoms with E-state index in [0.717, 1.165) is 120 Å². The van der Waals surface area contributed by atoms with Crippen molar-refractivity contribution in [3.05, 3.63) is 112 Å². The number of benzene rings is 5. The Kier molecular flexibility index (Phi) is 39.5. The fourth-order valence-electron chi connectivity index (χ4n) is 14.1. The molecule has 5 aromatic rings. The van der Waals surface area contributed by atoms with E-state index in [1.165, 1.54) is 32.4 Å². The lowest BCUT2D eigenvalue weighted by molar-refractivity contribution is -0.387. The minimum absolute atomic E-state index is 0.0426. The first-order valence-corrected chi connectivity index (χ1v) is 41.8. The lowest BCUT2D eigenvalue weighted by Crippen LogP contribution is -2.42.